The number of allylic oxidation sites excluding steroid dienone is 8. The Balaban J connectivity index is 1.63. The van der Waals surface area contributed by atoms with Crippen LogP contribution >= 0.6 is 0 Å². The molecule has 0 radical (unpaired) electrons. The van der Waals surface area contributed by atoms with E-state index in [-0.39, 0.29) is 22.6 Å². The predicted molar refractivity (Wildman–Crippen MR) is 220 cm³/mol. The molecule has 2 aromatic rings. The van der Waals surface area contributed by atoms with Crippen molar-refractivity contribution in [3.8, 4) is 0 Å². The summed E-state index contributed by atoms with van der Waals surface area (Å²) in [6.07, 6.45) is 13.8. The summed E-state index contributed by atoms with van der Waals surface area (Å²) in [5, 5.41) is 9.17. The van der Waals surface area contributed by atoms with E-state index < -0.39 is 75.2 Å². The van der Waals surface area contributed by atoms with Gasteiger partial charge in [-0.2, -0.15) is 34.1 Å². The molecular weight excluding hydrogens is 835 g/mol. The number of likely N-dealkylation sites (N-methyl/N-ethyl adjacent to an activating group) is 1. The van der Waals surface area contributed by atoms with Crippen LogP contribution in [-0.2, 0) is 56.0 Å². The monoisotopic (exact) mass is 884 g/mol. The van der Waals surface area contributed by atoms with Crippen LogP contribution in [0.15, 0.2) is 94.4 Å². The number of anilines is 1. The summed E-state index contributed by atoms with van der Waals surface area (Å²) in [6.45, 7) is 7.61. The number of carboxylic acids is 1. The Morgan fingerprint density at radius 3 is 1.91 bits per heavy atom. The highest BCUT2D eigenvalue weighted by Gasteiger charge is 2.45. The maximum atomic E-state index is 13.2. The molecule has 318 valence electrons. The first-order valence-electron chi connectivity index (χ1n) is 18.2. The van der Waals surface area contributed by atoms with Crippen LogP contribution in [0.2, 0.25) is 0 Å². The van der Waals surface area contributed by atoms with Crippen molar-refractivity contribution in [3.05, 3.63) is 95.8 Å². The fraction of sp³-hybridized carbons (Fsp3) is 0.421. The number of sulfonamides is 1. The van der Waals surface area contributed by atoms with Gasteiger partial charge in [0.15, 0.2) is 5.71 Å². The van der Waals surface area contributed by atoms with E-state index in [1.807, 2.05) is 49.3 Å². The van der Waals surface area contributed by atoms with Crippen molar-refractivity contribution in [1.29, 1.82) is 0 Å². The molecular formula is C38H50N3O13S4+. The van der Waals surface area contributed by atoms with Crippen molar-refractivity contribution in [2.24, 2.45) is 0 Å². The molecule has 4 N–H and O–H groups in total. The number of aliphatic carboxylic acids is 1. The molecule has 0 aliphatic carbocycles. The normalized spacial score (nSPS) is 17.7. The van der Waals surface area contributed by atoms with Gasteiger partial charge in [-0.15, -0.1) is 0 Å². The average Bonchev–Trinajstić information content (AvgIpc) is 3.44. The Labute approximate surface area is 340 Å². The van der Waals surface area contributed by atoms with Crippen LogP contribution in [0.5, 0.6) is 0 Å². The first-order chi connectivity index (χ1) is 26.7. The summed E-state index contributed by atoms with van der Waals surface area (Å²) >= 11 is 0. The van der Waals surface area contributed by atoms with Gasteiger partial charge in [0.05, 0.1) is 26.7 Å². The zero-order chi connectivity index (χ0) is 43.5. The molecule has 0 fully saturated rings. The quantitative estimate of drug-likeness (QED) is 0.0647. The van der Waals surface area contributed by atoms with E-state index in [1.54, 1.807) is 42.5 Å². The fourth-order valence-corrected chi connectivity index (χ4v) is 9.95. The highest BCUT2D eigenvalue weighted by molar-refractivity contribution is 7.89. The Hall–Kier alpha value is -4.02. The van der Waals surface area contributed by atoms with E-state index in [0.29, 0.717) is 48.4 Å². The second-order valence-corrected chi connectivity index (χ2v) is 21.7. The highest BCUT2D eigenvalue weighted by atomic mass is 32.2. The zero-order valence-corrected chi connectivity index (χ0v) is 36.1. The number of hydrogen-bond acceptors (Lipinski definition) is 10. The molecule has 2 aliphatic heterocycles. The number of benzene rings is 2. The van der Waals surface area contributed by atoms with Crippen LogP contribution in [0.1, 0.15) is 64.5 Å². The van der Waals surface area contributed by atoms with Crippen LogP contribution in [0.25, 0.3) is 0 Å². The van der Waals surface area contributed by atoms with E-state index in [9.17, 15) is 52.1 Å². The predicted octanol–water partition coefficient (Wildman–Crippen LogP) is 4.70. The summed E-state index contributed by atoms with van der Waals surface area (Å²) in [4.78, 5) is 12.9. The van der Waals surface area contributed by atoms with Crippen LogP contribution in [-0.4, -0.2) is 111 Å². The lowest BCUT2D eigenvalue weighted by Gasteiger charge is -2.27. The summed E-state index contributed by atoms with van der Waals surface area (Å²) in [5.41, 5.74) is 2.78. The Morgan fingerprint density at radius 1 is 0.741 bits per heavy atom. The number of hydrogen-bond donors (Lipinski definition) is 4. The van der Waals surface area contributed by atoms with E-state index in [0.717, 1.165) is 15.7 Å². The minimum atomic E-state index is -4.48. The fourth-order valence-electron chi connectivity index (χ4n) is 7.16. The summed E-state index contributed by atoms with van der Waals surface area (Å²) in [6, 6.07) is 8.87. The maximum Gasteiger partial charge on any atom is 0.318 e. The van der Waals surface area contributed by atoms with Gasteiger partial charge in [0.1, 0.15) is 13.1 Å². The smallest absolute Gasteiger partial charge is 0.318 e. The standard InChI is InChI=1S/C38H49N3O13S4/c1-37(2)30-25-28(57(50,51)39(5)27-36(42)43)17-19-32(30)40(21-11-13-23-55(44,45)46)34(37)15-9-7-6-8-10-16-35-38(3,4)31-26-29(58(52,53)54)18-20-33(31)41(35)22-12-14-24-56(47,48)49/h6-10,15-20,25-26H,11-14,21-24,27H2,1-5H3,(H3-,42,43,44,45,46,47,48,49,52,53,54)/p+1. The molecule has 2 heterocycles. The van der Waals surface area contributed by atoms with E-state index >= 15 is 0 Å². The van der Waals surface area contributed by atoms with Crippen molar-refractivity contribution < 1.29 is 61.8 Å². The van der Waals surface area contributed by atoms with Crippen molar-refractivity contribution in [2.45, 2.75) is 74.0 Å². The number of carbonyl (C=O) groups is 1. The minimum absolute atomic E-state index is 0.0807. The molecule has 20 heteroatoms. The maximum absolute atomic E-state index is 13.2. The van der Waals surface area contributed by atoms with Gasteiger partial charge >= 0.3 is 5.97 Å². The van der Waals surface area contributed by atoms with Gasteiger partial charge in [-0.25, -0.2) is 8.42 Å². The third kappa shape index (κ3) is 11.2. The molecule has 0 bridgehead atoms. The SMILES string of the molecule is CN(CC(=O)O)S(=O)(=O)c1ccc2c(c1)C(C)(C)C(C=CC=CC=CC=C1N(CCCCS(=O)(=O)O)c3ccc(S(=O)(=O)O)cc3C1(C)C)=[N+]2CCCCS(=O)(=O)O. The third-order valence-electron chi connectivity index (χ3n) is 10.1. The van der Waals surface area contributed by atoms with Crippen LogP contribution in [0, 0.1) is 0 Å². The van der Waals surface area contributed by atoms with Crippen molar-refractivity contribution >= 4 is 63.4 Å². The van der Waals surface area contributed by atoms with E-state index in [4.69, 9.17) is 5.11 Å². The molecule has 0 saturated heterocycles. The molecule has 0 atom stereocenters. The highest BCUT2D eigenvalue weighted by Crippen LogP contribution is 2.48. The first kappa shape index (κ1) is 46.7. The summed E-state index contributed by atoms with van der Waals surface area (Å²) in [7, 11) is -15.7. The topological polar surface area (TPSA) is 244 Å². The lowest BCUT2D eigenvalue weighted by Crippen LogP contribution is -2.32. The van der Waals surface area contributed by atoms with Gasteiger partial charge in [0, 0.05) is 54.5 Å². The zero-order valence-electron chi connectivity index (χ0n) is 32.8. The second-order valence-electron chi connectivity index (χ2n) is 15.1. The molecule has 0 unspecified atom stereocenters. The Bertz CT molecular complexity index is 2540. The second kappa shape index (κ2) is 17.7. The number of carboxylic acid groups (broad SMARTS) is 1. The van der Waals surface area contributed by atoms with Crippen LogP contribution < -0.4 is 4.90 Å². The number of nitrogens with zero attached hydrogens (tertiary/aromatic N) is 3. The first-order valence-corrected chi connectivity index (χ1v) is 24.3. The van der Waals surface area contributed by atoms with Gasteiger partial charge in [-0.3, -0.25) is 18.5 Å². The number of rotatable bonds is 19. The molecule has 16 nitrogen and oxygen atoms in total. The van der Waals surface area contributed by atoms with Crippen LogP contribution in [0.4, 0.5) is 11.4 Å². The van der Waals surface area contributed by atoms with E-state index in [2.05, 4.69) is 0 Å². The van der Waals surface area contributed by atoms with Gasteiger partial charge < -0.3 is 10.0 Å². The average molecular weight is 885 g/mol. The van der Waals surface area contributed by atoms with Crippen molar-refractivity contribution in [3.63, 3.8) is 0 Å². The number of unbranched alkanes of at least 4 members (excludes halogenated alkanes) is 2. The third-order valence-corrected chi connectivity index (χ3v) is 14.4. The van der Waals surface area contributed by atoms with E-state index in [1.165, 1.54) is 31.3 Å². The number of fused-ring (bicyclic) bond motifs is 2. The van der Waals surface area contributed by atoms with Gasteiger partial charge in [0.2, 0.25) is 15.7 Å². The molecule has 58 heavy (non-hydrogen) atoms. The molecule has 0 saturated carbocycles. The summed E-state index contributed by atoms with van der Waals surface area (Å²) in [5.74, 6) is -2.12. The molecule has 0 aromatic heterocycles. The van der Waals surface area contributed by atoms with Gasteiger partial charge in [-0.1, -0.05) is 44.2 Å². The Morgan fingerprint density at radius 2 is 1.31 bits per heavy atom. The lowest BCUT2D eigenvalue weighted by atomic mass is 9.81. The van der Waals surface area contributed by atoms with Crippen molar-refractivity contribution in [2.75, 3.05) is 43.1 Å². The molecule has 0 spiro atoms. The molecule has 2 aromatic carbocycles. The van der Waals surface area contributed by atoms with Crippen LogP contribution in [0.3, 0.4) is 0 Å². The van der Waals surface area contributed by atoms with Gasteiger partial charge in [0.25, 0.3) is 30.4 Å². The van der Waals surface area contributed by atoms with Gasteiger partial charge in [-0.05, 0) is 75.1 Å². The van der Waals surface area contributed by atoms with Crippen molar-refractivity contribution in [1.82, 2.24) is 4.31 Å². The Kier molecular flexibility index (Phi) is 14.2. The lowest BCUT2D eigenvalue weighted by molar-refractivity contribution is -0.438. The molecule has 4 rings (SSSR count). The molecule has 0 amide bonds. The minimum Gasteiger partial charge on any atom is -0.480 e. The summed E-state index contributed by atoms with van der Waals surface area (Å²) < 4.78 is 126. The largest absolute Gasteiger partial charge is 0.480 e. The molecule has 2 aliphatic rings.